The molecule has 1 N–H and O–H groups in total. The SMILES string of the molecule is Cc1cc(CC(=O)C2(C)CCNCC2)n(C)n1. The fourth-order valence-electron chi connectivity index (χ4n) is 2.46. The first-order valence-corrected chi connectivity index (χ1v) is 6.25. The van der Waals surface area contributed by atoms with Gasteiger partial charge >= 0.3 is 0 Å². The molecular weight excluding hydrogens is 214 g/mol. The quantitative estimate of drug-likeness (QED) is 0.857. The summed E-state index contributed by atoms with van der Waals surface area (Å²) >= 11 is 0. The number of nitrogens with one attached hydrogen (secondary N) is 1. The number of carbonyl (C=O) groups excluding carboxylic acids is 1. The number of hydrogen-bond donors (Lipinski definition) is 1. The van der Waals surface area contributed by atoms with Crippen molar-refractivity contribution < 1.29 is 4.79 Å². The van der Waals surface area contributed by atoms with Crippen LogP contribution in [0.1, 0.15) is 31.2 Å². The van der Waals surface area contributed by atoms with Gasteiger partial charge in [-0.25, -0.2) is 0 Å². The standard InChI is InChI=1S/C13H21N3O/c1-10-8-11(16(3)15-10)9-12(17)13(2)4-6-14-7-5-13/h8,14H,4-7,9H2,1-3H3. The molecule has 4 nitrogen and oxygen atoms in total. The Kier molecular flexibility index (Phi) is 3.33. The van der Waals surface area contributed by atoms with Gasteiger partial charge in [-0.15, -0.1) is 0 Å². The zero-order chi connectivity index (χ0) is 12.5. The van der Waals surface area contributed by atoms with Gasteiger partial charge < -0.3 is 5.32 Å². The molecule has 1 aliphatic heterocycles. The zero-order valence-electron chi connectivity index (χ0n) is 10.9. The molecular formula is C13H21N3O. The Morgan fingerprint density at radius 3 is 2.71 bits per heavy atom. The van der Waals surface area contributed by atoms with Crippen LogP contribution in [-0.4, -0.2) is 28.7 Å². The second-order valence-electron chi connectivity index (χ2n) is 5.31. The number of ketones is 1. The summed E-state index contributed by atoms with van der Waals surface area (Å²) in [6.45, 7) is 5.96. The van der Waals surface area contributed by atoms with Crippen LogP contribution >= 0.6 is 0 Å². The lowest BCUT2D eigenvalue weighted by atomic mass is 9.76. The first-order valence-electron chi connectivity index (χ1n) is 6.25. The van der Waals surface area contributed by atoms with E-state index in [1.807, 2.05) is 24.7 Å². The maximum Gasteiger partial charge on any atom is 0.144 e. The summed E-state index contributed by atoms with van der Waals surface area (Å²) in [6.07, 6.45) is 2.40. The molecule has 0 bridgehead atoms. The van der Waals surface area contributed by atoms with Crippen molar-refractivity contribution >= 4 is 5.78 Å². The molecule has 0 aliphatic carbocycles. The number of piperidine rings is 1. The van der Waals surface area contributed by atoms with Crippen LogP contribution in [0.15, 0.2) is 6.07 Å². The molecule has 0 amide bonds. The van der Waals surface area contributed by atoms with E-state index in [0.29, 0.717) is 12.2 Å². The largest absolute Gasteiger partial charge is 0.317 e. The summed E-state index contributed by atoms with van der Waals surface area (Å²) in [5, 5.41) is 7.59. The molecule has 4 heteroatoms. The third kappa shape index (κ3) is 2.57. The highest BCUT2D eigenvalue weighted by molar-refractivity contribution is 5.86. The van der Waals surface area contributed by atoms with E-state index in [9.17, 15) is 4.79 Å². The van der Waals surface area contributed by atoms with Crippen molar-refractivity contribution in [1.29, 1.82) is 0 Å². The van der Waals surface area contributed by atoms with E-state index in [1.54, 1.807) is 0 Å². The Balaban J connectivity index is 2.08. The Hall–Kier alpha value is -1.16. The lowest BCUT2D eigenvalue weighted by Crippen LogP contribution is -2.40. The molecule has 0 aromatic carbocycles. The van der Waals surface area contributed by atoms with Crippen LogP contribution < -0.4 is 5.32 Å². The number of hydrogen-bond acceptors (Lipinski definition) is 3. The van der Waals surface area contributed by atoms with Crippen LogP contribution in [0.3, 0.4) is 0 Å². The van der Waals surface area contributed by atoms with E-state index in [-0.39, 0.29) is 5.41 Å². The van der Waals surface area contributed by atoms with Crippen molar-refractivity contribution in [3.8, 4) is 0 Å². The fraction of sp³-hybridized carbons (Fsp3) is 0.692. The monoisotopic (exact) mass is 235 g/mol. The van der Waals surface area contributed by atoms with Gasteiger partial charge in [-0.05, 0) is 38.9 Å². The van der Waals surface area contributed by atoms with E-state index >= 15 is 0 Å². The van der Waals surface area contributed by atoms with Crippen molar-refractivity contribution in [2.45, 2.75) is 33.1 Å². The second kappa shape index (κ2) is 4.61. The van der Waals surface area contributed by atoms with Crippen molar-refractivity contribution in [2.75, 3.05) is 13.1 Å². The molecule has 1 saturated heterocycles. The topological polar surface area (TPSA) is 46.9 Å². The highest BCUT2D eigenvalue weighted by Gasteiger charge is 2.34. The minimum atomic E-state index is -0.149. The maximum atomic E-state index is 12.4. The second-order valence-corrected chi connectivity index (χ2v) is 5.31. The summed E-state index contributed by atoms with van der Waals surface area (Å²) in [7, 11) is 1.90. The molecule has 1 aromatic rings. The van der Waals surface area contributed by atoms with Gasteiger partial charge in [-0.2, -0.15) is 5.10 Å². The van der Waals surface area contributed by atoms with Crippen LogP contribution in [0.25, 0.3) is 0 Å². The van der Waals surface area contributed by atoms with Gasteiger partial charge in [0.05, 0.1) is 5.69 Å². The molecule has 2 heterocycles. The molecule has 1 aliphatic rings. The number of carbonyl (C=O) groups is 1. The third-order valence-corrected chi connectivity index (χ3v) is 3.82. The highest BCUT2D eigenvalue weighted by atomic mass is 16.1. The van der Waals surface area contributed by atoms with E-state index in [2.05, 4.69) is 17.3 Å². The summed E-state index contributed by atoms with van der Waals surface area (Å²) in [6, 6.07) is 2.00. The average molecular weight is 235 g/mol. The molecule has 0 radical (unpaired) electrons. The minimum absolute atomic E-state index is 0.149. The lowest BCUT2D eigenvalue weighted by molar-refractivity contribution is -0.128. The van der Waals surface area contributed by atoms with E-state index in [0.717, 1.165) is 37.3 Å². The Morgan fingerprint density at radius 2 is 2.18 bits per heavy atom. The molecule has 1 aromatic heterocycles. The van der Waals surface area contributed by atoms with Gasteiger partial charge in [0.2, 0.25) is 0 Å². The number of rotatable bonds is 3. The molecule has 0 atom stereocenters. The third-order valence-electron chi connectivity index (χ3n) is 3.82. The molecule has 17 heavy (non-hydrogen) atoms. The number of aryl methyl sites for hydroxylation is 2. The molecule has 0 unspecified atom stereocenters. The number of Topliss-reactive ketones (excluding diaryl/α,β-unsaturated/α-hetero) is 1. The van der Waals surface area contributed by atoms with Gasteiger partial charge in [0.25, 0.3) is 0 Å². The Labute approximate surface area is 102 Å². The smallest absolute Gasteiger partial charge is 0.144 e. The van der Waals surface area contributed by atoms with Crippen molar-refractivity contribution in [2.24, 2.45) is 12.5 Å². The van der Waals surface area contributed by atoms with E-state index in [4.69, 9.17) is 0 Å². The Bertz CT molecular complexity index is 416. The predicted octanol–water partition coefficient (Wildman–Crippen LogP) is 1.23. The average Bonchev–Trinajstić information content (AvgIpc) is 2.58. The van der Waals surface area contributed by atoms with Crippen LogP contribution in [0, 0.1) is 12.3 Å². The normalized spacial score (nSPS) is 19.2. The molecule has 2 rings (SSSR count). The van der Waals surface area contributed by atoms with Crippen molar-refractivity contribution in [1.82, 2.24) is 15.1 Å². The predicted molar refractivity (Wildman–Crippen MR) is 66.9 cm³/mol. The fourth-order valence-corrected chi connectivity index (χ4v) is 2.46. The molecule has 1 fully saturated rings. The molecule has 0 spiro atoms. The van der Waals surface area contributed by atoms with Crippen molar-refractivity contribution in [3.63, 3.8) is 0 Å². The number of nitrogens with zero attached hydrogens (tertiary/aromatic N) is 2. The summed E-state index contributed by atoms with van der Waals surface area (Å²) < 4.78 is 1.82. The highest BCUT2D eigenvalue weighted by Crippen LogP contribution is 2.30. The maximum absolute atomic E-state index is 12.4. The van der Waals surface area contributed by atoms with Gasteiger partial charge in [-0.3, -0.25) is 9.48 Å². The molecule has 0 saturated carbocycles. The van der Waals surface area contributed by atoms with Gasteiger partial charge in [0.15, 0.2) is 0 Å². The Morgan fingerprint density at radius 1 is 1.53 bits per heavy atom. The minimum Gasteiger partial charge on any atom is -0.317 e. The van der Waals surface area contributed by atoms with Crippen LogP contribution in [-0.2, 0) is 18.3 Å². The van der Waals surface area contributed by atoms with Crippen LogP contribution in [0.2, 0.25) is 0 Å². The summed E-state index contributed by atoms with van der Waals surface area (Å²) in [4.78, 5) is 12.4. The van der Waals surface area contributed by atoms with E-state index < -0.39 is 0 Å². The number of aromatic nitrogens is 2. The summed E-state index contributed by atoms with van der Waals surface area (Å²) in [5.74, 6) is 0.349. The van der Waals surface area contributed by atoms with Crippen molar-refractivity contribution in [3.05, 3.63) is 17.5 Å². The van der Waals surface area contributed by atoms with Gasteiger partial charge in [-0.1, -0.05) is 6.92 Å². The zero-order valence-corrected chi connectivity index (χ0v) is 10.9. The van der Waals surface area contributed by atoms with E-state index in [1.165, 1.54) is 0 Å². The van der Waals surface area contributed by atoms with Gasteiger partial charge in [0.1, 0.15) is 5.78 Å². The van der Waals surface area contributed by atoms with Crippen LogP contribution in [0.4, 0.5) is 0 Å². The summed E-state index contributed by atoms with van der Waals surface area (Å²) in [5.41, 5.74) is 1.85. The van der Waals surface area contributed by atoms with Gasteiger partial charge in [0, 0.05) is 24.6 Å². The molecule has 94 valence electrons. The van der Waals surface area contributed by atoms with Crippen LogP contribution in [0.5, 0.6) is 0 Å². The first-order chi connectivity index (χ1) is 8.01. The lowest BCUT2D eigenvalue weighted by Gasteiger charge is -2.32. The first kappa shape index (κ1) is 12.3.